The Morgan fingerprint density at radius 2 is 1.88 bits per heavy atom. The molecular formula is C32H34FN5O3. The summed E-state index contributed by atoms with van der Waals surface area (Å²) in [6.45, 7) is 2.76. The molecule has 3 atom stereocenters. The van der Waals surface area contributed by atoms with Crippen LogP contribution in [0.1, 0.15) is 89.3 Å². The molecule has 1 N–H and O–H groups in total. The third kappa shape index (κ3) is 5.05. The molecule has 41 heavy (non-hydrogen) atoms. The zero-order valence-electron chi connectivity index (χ0n) is 23.3. The number of nitrogens with zero attached hydrogens (tertiary/aromatic N) is 5. The molecule has 2 fully saturated rings. The minimum absolute atomic E-state index is 0.0187. The Morgan fingerprint density at radius 1 is 1.05 bits per heavy atom. The summed E-state index contributed by atoms with van der Waals surface area (Å²) in [5.74, 6) is -1.69. The summed E-state index contributed by atoms with van der Waals surface area (Å²) in [6.07, 6.45) is 10.8. The molecule has 2 unspecified atom stereocenters. The van der Waals surface area contributed by atoms with E-state index < -0.39 is 11.8 Å². The summed E-state index contributed by atoms with van der Waals surface area (Å²) in [5.41, 5.74) is 3.49. The molecule has 6 rings (SSSR count). The average Bonchev–Trinajstić information content (AvgIpc) is 3.42. The summed E-state index contributed by atoms with van der Waals surface area (Å²) in [5, 5.41) is 18.6. The van der Waals surface area contributed by atoms with Gasteiger partial charge < -0.3 is 10.0 Å². The molecule has 2 aliphatic rings. The van der Waals surface area contributed by atoms with Crippen molar-refractivity contribution < 1.29 is 19.1 Å². The number of aromatic nitrogens is 4. The van der Waals surface area contributed by atoms with E-state index in [9.17, 15) is 14.7 Å². The minimum atomic E-state index is -1.03. The summed E-state index contributed by atoms with van der Waals surface area (Å²) in [6, 6.07) is 12.4. The molecule has 1 aliphatic heterocycles. The minimum Gasteiger partial charge on any atom is -0.478 e. The van der Waals surface area contributed by atoms with Gasteiger partial charge in [0.05, 0.1) is 29.3 Å². The van der Waals surface area contributed by atoms with Gasteiger partial charge in [-0.15, -0.1) is 0 Å². The first-order valence-electron chi connectivity index (χ1n) is 14.4. The number of halogens is 1. The summed E-state index contributed by atoms with van der Waals surface area (Å²) in [7, 11) is 1.86. The number of piperidine rings is 1. The fourth-order valence-corrected chi connectivity index (χ4v) is 6.36. The number of benzene rings is 2. The van der Waals surface area contributed by atoms with Crippen LogP contribution in [0, 0.1) is 5.82 Å². The highest BCUT2D eigenvalue weighted by Gasteiger charge is 2.45. The zero-order valence-corrected chi connectivity index (χ0v) is 23.3. The van der Waals surface area contributed by atoms with Crippen LogP contribution >= 0.6 is 0 Å². The van der Waals surface area contributed by atoms with Gasteiger partial charge in [-0.3, -0.25) is 9.48 Å². The van der Waals surface area contributed by atoms with E-state index in [-0.39, 0.29) is 34.9 Å². The van der Waals surface area contributed by atoms with Gasteiger partial charge in [-0.1, -0.05) is 37.6 Å². The lowest BCUT2D eigenvalue weighted by molar-refractivity contribution is 0.0595. The van der Waals surface area contributed by atoms with E-state index in [1.54, 1.807) is 45.8 Å². The van der Waals surface area contributed by atoms with Crippen LogP contribution in [0.25, 0.3) is 16.8 Å². The van der Waals surface area contributed by atoms with E-state index in [0.717, 1.165) is 44.1 Å². The topological polar surface area (TPSA) is 93.2 Å². The number of aromatic carboxylic acids is 1. The van der Waals surface area contributed by atoms with Gasteiger partial charge in [-0.05, 0) is 67.3 Å². The monoisotopic (exact) mass is 555 g/mol. The Morgan fingerprint density at radius 3 is 2.63 bits per heavy atom. The smallest absolute Gasteiger partial charge is 0.339 e. The van der Waals surface area contributed by atoms with Gasteiger partial charge in [-0.2, -0.15) is 10.2 Å². The molecule has 3 heterocycles. The predicted octanol–water partition coefficient (Wildman–Crippen LogP) is 6.18. The van der Waals surface area contributed by atoms with Crippen LogP contribution in [-0.4, -0.2) is 54.0 Å². The van der Waals surface area contributed by atoms with E-state index in [1.165, 1.54) is 6.20 Å². The molecule has 1 amide bonds. The van der Waals surface area contributed by atoms with Crippen molar-refractivity contribution in [3.8, 4) is 16.8 Å². The number of hydrogen-bond donors (Lipinski definition) is 1. The van der Waals surface area contributed by atoms with Gasteiger partial charge in [0.2, 0.25) is 0 Å². The summed E-state index contributed by atoms with van der Waals surface area (Å²) in [4.78, 5) is 27.5. The molecule has 0 spiro atoms. The van der Waals surface area contributed by atoms with Crippen LogP contribution < -0.4 is 0 Å². The van der Waals surface area contributed by atoms with Crippen molar-refractivity contribution in [2.45, 2.75) is 63.3 Å². The first kappa shape index (κ1) is 26.9. The number of amides is 1. The van der Waals surface area contributed by atoms with Crippen molar-refractivity contribution in [3.05, 3.63) is 89.3 Å². The van der Waals surface area contributed by atoms with Gasteiger partial charge in [0.25, 0.3) is 5.91 Å². The van der Waals surface area contributed by atoms with Crippen LogP contribution in [0.4, 0.5) is 4.39 Å². The van der Waals surface area contributed by atoms with Crippen molar-refractivity contribution in [2.75, 3.05) is 6.54 Å². The fraction of sp³-hybridized carbons (Fsp3) is 0.375. The molecule has 0 bridgehead atoms. The first-order chi connectivity index (χ1) is 19.9. The van der Waals surface area contributed by atoms with Crippen molar-refractivity contribution >= 4 is 11.9 Å². The highest BCUT2D eigenvalue weighted by Crippen LogP contribution is 2.55. The van der Waals surface area contributed by atoms with Gasteiger partial charge in [0, 0.05) is 37.3 Å². The maximum Gasteiger partial charge on any atom is 0.339 e. The second-order valence-electron chi connectivity index (χ2n) is 11.2. The number of likely N-dealkylation sites (tertiary alicyclic amines) is 1. The lowest BCUT2D eigenvalue weighted by atomic mass is 9.96. The highest BCUT2D eigenvalue weighted by molar-refractivity contribution is 5.96. The third-order valence-electron chi connectivity index (χ3n) is 8.47. The van der Waals surface area contributed by atoms with E-state index in [1.807, 2.05) is 30.4 Å². The second kappa shape index (κ2) is 11.0. The van der Waals surface area contributed by atoms with Crippen LogP contribution in [0.3, 0.4) is 0 Å². The van der Waals surface area contributed by atoms with E-state index >= 15 is 4.39 Å². The molecule has 4 aromatic rings. The van der Waals surface area contributed by atoms with E-state index in [4.69, 9.17) is 0 Å². The molecule has 9 heteroatoms. The highest BCUT2D eigenvalue weighted by atomic mass is 19.1. The number of hydrogen-bond acceptors (Lipinski definition) is 4. The average molecular weight is 556 g/mol. The lowest BCUT2D eigenvalue weighted by Crippen LogP contribution is -2.44. The molecule has 2 aromatic heterocycles. The van der Waals surface area contributed by atoms with Gasteiger partial charge in [-0.25, -0.2) is 13.9 Å². The second-order valence-corrected chi connectivity index (χ2v) is 11.2. The number of carbonyl (C=O) groups excluding carboxylic acids is 1. The Bertz CT molecular complexity index is 1610. The molecule has 212 valence electrons. The van der Waals surface area contributed by atoms with Crippen molar-refractivity contribution in [1.82, 2.24) is 24.5 Å². The molecular weight excluding hydrogens is 521 g/mol. The fourth-order valence-electron chi connectivity index (χ4n) is 6.36. The van der Waals surface area contributed by atoms with Gasteiger partial charge in [0.1, 0.15) is 11.4 Å². The largest absolute Gasteiger partial charge is 0.478 e. The van der Waals surface area contributed by atoms with E-state index in [2.05, 4.69) is 17.1 Å². The van der Waals surface area contributed by atoms with Crippen LogP contribution in [-0.2, 0) is 7.05 Å². The Labute approximate surface area is 238 Å². The van der Waals surface area contributed by atoms with Crippen molar-refractivity contribution in [1.29, 1.82) is 0 Å². The maximum atomic E-state index is 16.0. The Balaban J connectivity index is 1.34. The van der Waals surface area contributed by atoms with Crippen LogP contribution in [0.15, 0.2) is 61.1 Å². The quantitative estimate of drug-likeness (QED) is 0.280. The lowest BCUT2D eigenvalue weighted by Gasteiger charge is -2.36. The maximum absolute atomic E-state index is 16.0. The Hall–Kier alpha value is -4.27. The van der Waals surface area contributed by atoms with E-state index in [0.29, 0.717) is 29.1 Å². The third-order valence-corrected chi connectivity index (χ3v) is 8.47. The SMILES string of the molecule is CCC[C@@H]1CCCCN1C(=O)c1cccc(-c2cccc(-n3ncc(C(=O)O)c3C3CC3c3cnn(C)c3)c2)c1F. The number of carboxylic acids is 1. The molecule has 1 saturated heterocycles. The molecule has 8 nitrogen and oxygen atoms in total. The standard InChI is InChI=1S/C32H34FN5O3/c1-3-8-22-10-4-5-14-37(22)31(39)25-13-7-12-24(29(25)33)20-9-6-11-23(15-20)38-30(28(18-35-38)32(40)41)27-16-26(27)21-17-34-36(2)19-21/h6-7,9,11-13,15,17-19,22,26-27H,3-5,8,10,14,16H2,1-2H3,(H,40,41)/t22-,26?,27?/m1/s1. The number of aryl methyl sites for hydroxylation is 1. The number of rotatable bonds is 8. The van der Waals surface area contributed by atoms with Crippen molar-refractivity contribution in [2.24, 2.45) is 7.05 Å². The molecule has 1 aliphatic carbocycles. The molecule has 0 radical (unpaired) electrons. The van der Waals surface area contributed by atoms with Crippen LogP contribution in [0.5, 0.6) is 0 Å². The van der Waals surface area contributed by atoms with Crippen molar-refractivity contribution in [3.63, 3.8) is 0 Å². The number of carboxylic acid groups (broad SMARTS) is 1. The summed E-state index contributed by atoms with van der Waals surface area (Å²) >= 11 is 0. The van der Waals surface area contributed by atoms with Gasteiger partial charge in [0.15, 0.2) is 0 Å². The molecule has 2 aromatic carbocycles. The van der Waals surface area contributed by atoms with Gasteiger partial charge >= 0.3 is 5.97 Å². The summed E-state index contributed by atoms with van der Waals surface area (Å²) < 4.78 is 19.4. The molecule has 1 saturated carbocycles. The Kier molecular flexibility index (Phi) is 7.19. The normalized spacial score (nSPS) is 20.3. The number of carbonyl (C=O) groups is 2. The first-order valence-corrected chi connectivity index (χ1v) is 14.4. The zero-order chi connectivity index (χ0) is 28.7. The van der Waals surface area contributed by atoms with Crippen LogP contribution in [0.2, 0.25) is 0 Å². The predicted molar refractivity (Wildman–Crippen MR) is 153 cm³/mol.